The summed E-state index contributed by atoms with van der Waals surface area (Å²) in [7, 11) is 0. The summed E-state index contributed by atoms with van der Waals surface area (Å²) >= 11 is 1.60. The molecule has 1 unspecified atom stereocenters. The van der Waals surface area contributed by atoms with E-state index in [2.05, 4.69) is 11.9 Å². The molecule has 6 nitrogen and oxygen atoms in total. The fraction of sp³-hybridized carbons (Fsp3) is 0.421. The molecule has 7 heteroatoms. The number of anilines is 1. The van der Waals surface area contributed by atoms with E-state index in [4.69, 9.17) is 0 Å². The van der Waals surface area contributed by atoms with Gasteiger partial charge in [0.15, 0.2) is 0 Å². The lowest BCUT2D eigenvalue weighted by Gasteiger charge is -2.33. The molecule has 0 aromatic heterocycles. The molecular formula is C19H23N3O3S. The third-order valence-corrected chi connectivity index (χ3v) is 5.85. The van der Waals surface area contributed by atoms with Crippen LogP contribution in [0.3, 0.4) is 0 Å². The Morgan fingerprint density at radius 2 is 1.85 bits per heavy atom. The number of thioether (sulfide) groups is 1. The molecule has 0 spiro atoms. The minimum Gasteiger partial charge on any atom is -0.339 e. The molecule has 0 radical (unpaired) electrons. The summed E-state index contributed by atoms with van der Waals surface area (Å²) in [5.41, 5.74) is 0.734. The van der Waals surface area contributed by atoms with Crippen molar-refractivity contribution < 1.29 is 14.4 Å². The standard InChI is InChI=1S/C19H23N3O3S/c1-2-17(23)21-10-8-14(9-11-21)19(25)22-13-26-12-16(22)18(24)20-15-6-4-3-5-7-15/h2-7,14,16H,1,8-13H2,(H,20,24). The van der Waals surface area contributed by atoms with Crippen molar-refractivity contribution >= 4 is 35.2 Å². The minimum absolute atomic E-state index is 0.0221. The van der Waals surface area contributed by atoms with Gasteiger partial charge >= 0.3 is 0 Å². The molecule has 2 saturated heterocycles. The second-order valence-electron chi connectivity index (χ2n) is 6.48. The van der Waals surface area contributed by atoms with Gasteiger partial charge in [0.25, 0.3) is 0 Å². The number of carbonyl (C=O) groups excluding carboxylic acids is 3. The quantitative estimate of drug-likeness (QED) is 0.819. The molecule has 0 bridgehead atoms. The summed E-state index contributed by atoms with van der Waals surface area (Å²) in [6.07, 6.45) is 2.57. The predicted molar refractivity (Wildman–Crippen MR) is 103 cm³/mol. The Hall–Kier alpha value is -2.28. The highest BCUT2D eigenvalue weighted by Crippen LogP contribution is 2.28. The van der Waals surface area contributed by atoms with E-state index in [0.29, 0.717) is 37.6 Å². The van der Waals surface area contributed by atoms with Crippen LogP contribution in [-0.2, 0) is 14.4 Å². The topological polar surface area (TPSA) is 69.7 Å². The molecular weight excluding hydrogens is 350 g/mol. The molecule has 26 heavy (non-hydrogen) atoms. The third-order valence-electron chi connectivity index (χ3n) is 4.84. The van der Waals surface area contributed by atoms with Crippen molar-refractivity contribution in [3.8, 4) is 0 Å². The molecule has 138 valence electrons. The lowest BCUT2D eigenvalue weighted by Crippen LogP contribution is -2.49. The van der Waals surface area contributed by atoms with Gasteiger partial charge in [-0.25, -0.2) is 0 Å². The molecule has 2 aliphatic rings. The van der Waals surface area contributed by atoms with Crippen molar-refractivity contribution in [2.45, 2.75) is 18.9 Å². The average Bonchev–Trinajstić information content (AvgIpc) is 3.17. The second-order valence-corrected chi connectivity index (χ2v) is 7.48. The zero-order valence-electron chi connectivity index (χ0n) is 14.6. The van der Waals surface area contributed by atoms with E-state index in [1.165, 1.54) is 6.08 Å². The Morgan fingerprint density at radius 1 is 1.15 bits per heavy atom. The molecule has 0 saturated carbocycles. The van der Waals surface area contributed by atoms with E-state index in [9.17, 15) is 14.4 Å². The third kappa shape index (κ3) is 4.09. The number of likely N-dealkylation sites (tertiary alicyclic amines) is 1. The summed E-state index contributed by atoms with van der Waals surface area (Å²) in [5, 5.41) is 2.89. The summed E-state index contributed by atoms with van der Waals surface area (Å²) in [4.78, 5) is 40.6. The highest BCUT2D eigenvalue weighted by atomic mass is 32.2. The number of hydrogen-bond acceptors (Lipinski definition) is 4. The minimum atomic E-state index is -0.444. The number of nitrogens with one attached hydrogen (secondary N) is 1. The van der Waals surface area contributed by atoms with Gasteiger partial charge in [0.1, 0.15) is 6.04 Å². The fourth-order valence-electron chi connectivity index (χ4n) is 3.33. The maximum atomic E-state index is 12.9. The maximum absolute atomic E-state index is 12.9. The SMILES string of the molecule is C=CC(=O)N1CCC(C(=O)N2CSCC2C(=O)Nc2ccccc2)CC1. The van der Waals surface area contributed by atoms with Crippen molar-refractivity contribution in [2.24, 2.45) is 5.92 Å². The molecule has 1 N–H and O–H groups in total. The monoisotopic (exact) mass is 373 g/mol. The first-order chi connectivity index (χ1) is 12.6. The molecule has 2 fully saturated rings. The van der Waals surface area contributed by atoms with Crippen LogP contribution >= 0.6 is 11.8 Å². The predicted octanol–water partition coefficient (Wildman–Crippen LogP) is 1.95. The van der Waals surface area contributed by atoms with Gasteiger partial charge in [-0.3, -0.25) is 14.4 Å². The first-order valence-electron chi connectivity index (χ1n) is 8.75. The van der Waals surface area contributed by atoms with E-state index < -0.39 is 6.04 Å². The molecule has 0 aliphatic carbocycles. The summed E-state index contributed by atoms with van der Waals surface area (Å²) < 4.78 is 0. The number of piperidine rings is 1. The highest BCUT2D eigenvalue weighted by Gasteiger charge is 2.38. The Bertz CT molecular complexity index is 687. The number of amides is 3. The van der Waals surface area contributed by atoms with Crippen LogP contribution in [0.25, 0.3) is 0 Å². The van der Waals surface area contributed by atoms with Crippen LogP contribution < -0.4 is 5.32 Å². The van der Waals surface area contributed by atoms with E-state index in [1.807, 2.05) is 30.3 Å². The van der Waals surface area contributed by atoms with Gasteiger partial charge in [-0.15, -0.1) is 11.8 Å². The zero-order valence-corrected chi connectivity index (χ0v) is 15.4. The normalized spacial score (nSPS) is 20.7. The first-order valence-corrected chi connectivity index (χ1v) is 9.91. The fourth-order valence-corrected chi connectivity index (χ4v) is 4.50. The zero-order chi connectivity index (χ0) is 18.5. The maximum Gasteiger partial charge on any atom is 0.248 e. The Morgan fingerprint density at radius 3 is 2.50 bits per heavy atom. The van der Waals surface area contributed by atoms with E-state index in [1.54, 1.807) is 21.6 Å². The molecule has 2 aliphatic heterocycles. The van der Waals surface area contributed by atoms with Gasteiger partial charge in [0, 0.05) is 30.4 Å². The van der Waals surface area contributed by atoms with E-state index in [0.717, 1.165) is 5.69 Å². The number of rotatable bonds is 4. The Kier molecular flexibility index (Phi) is 5.98. The van der Waals surface area contributed by atoms with Crippen molar-refractivity contribution in [1.82, 2.24) is 9.80 Å². The molecule has 1 aromatic carbocycles. The summed E-state index contributed by atoms with van der Waals surface area (Å²) in [5.74, 6) is 0.806. The Balaban J connectivity index is 1.59. The van der Waals surface area contributed by atoms with Crippen molar-refractivity contribution in [3.05, 3.63) is 43.0 Å². The number of hydrogen-bond donors (Lipinski definition) is 1. The van der Waals surface area contributed by atoms with Crippen LogP contribution in [0.2, 0.25) is 0 Å². The van der Waals surface area contributed by atoms with Gasteiger partial charge in [-0.2, -0.15) is 0 Å². The van der Waals surface area contributed by atoms with Crippen molar-refractivity contribution in [2.75, 3.05) is 30.0 Å². The number of benzene rings is 1. The van der Waals surface area contributed by atoms with Crippen LogP contribution in [0.5, 0.6) is 0 Å². The molecule has 1 atom stereocenters. The number of nitrogens with zero attached hydrogens (tertiary/aromatic N) is 2. The largest absolute Gasteiger partial charge is 0.339 e. The van der Waals surface area contributed by atoms with E-state index >= 15 is 0 Å². The number of carbonyl (C=O) groups is 3. The lowest BCUT2D eigenvalue weighted by molar-refractivity contribution is -0.142. The Labute approximate surface area is 157 Å². The van der Waals surface area contributed by atoms with Gasteiger partial charge < -0.3 is 15.1 Å². The van der Waals surface area contributed by atoms with Crippen LogP contribution in [0, 0.1) is 5.92 Å². The van der Waals surface area contributed by atoms with Crippen molar-refractivity contribution in [3.63, 3.8) is 0 Å². The number of para-hydroxylation sites is 1. The van der Waals surface area contributed by atoms with Crippen LogP contribution in [0.4, 0.5) is 5.69 Å². The van der Waals surface area contributed by atoms with Gasteiger partial charge in [0.2, 0.25) is 17.7 Å². The van der Waals surface area contributed by atoms with Gasteiger partial charge in [0.05, 0.1) is 5.88 Å². The average molecular weight is 373 g/mol. The molecule has 3 rings (SSSR count). The van der Waals surface area contributed by atoms with Crippen LogP contribution in [0.15, 0.2) is 43.0 Å². The molecule has 1 aromatic rings. The van der Waals surface area contributed by atoms with Crippen LogP contribution in [-0.4, -0.2) is 58.3 Å². The van der Waals surface area contributed by atoms with Gasteiger partial charge in [-0.1, -0.05) is 24.8 Å². The van der Waals surface area contributed by atoms with Gasteiger partial charge in [-0.05, 0) is 31.1 Å². The summed E-state index contributed by atoms with van der Waals surface area (Å²) in [6.45, 7) is 4.62. The second kappa shape index (κ2) is 8.40. The van der Waals surface area contributed by atoms with E-state index in [-0.39, 0.29) is 23.6 Å². The van der Waals surface area contributed by atoms with Crippen molar-refractivity contribution in [1.29, 1.82) is 0 Å². The lowest BCUT2D eigenvalue weighted by atomic mass is 9.94. The van der Waals surface area contributed by atoms with Crippen LogP contribution in [0.1, 0.15) is 12.8 Å². The molecule has 3 amide bonds. The first kappa shape index (κ1) is 18.5. The molecule has 2 heterocycles. The summed E-state index contributed by atoms with van der Waals surface area (Å²) in [6, 6.07) is 8.83. The highest BCUT2D eigenvalue weighted by molar-refractivity contribution is 7.99. The smallest absolute Gasteiger partial charge is 0.248 e.